The highest BCUT2D eigenvalue weighted by Gasteiger charge is 2.28. The van der Waals surface area contributed by atoms with Gasteiger partial charge in [-0.25, -0.2) is 23.4 Å². The number of nitrogens with one attached hydrogen (secondary N) is 2. The molecular formula is C22H23N9O3S. The summed E-state index contributed by atoms with van der Waals surface area (Å²) >= 11 is 0. The number of fused-ring (bicyclic) bond motifs is 1. The second kappa shape index (κ2) is 8.51. The number of primary amides is 1. The van der Waals surface area contributed by atoms with E-state index in [0.717, 1.165) is 5.52 Å². The third-order valence-corrected chi connectivity index (χ3v) is 7.65. The van der Waals surface area contributed by atoms with Gasteiger partial charge in [-0.2, -0.15) is 0 Å². The fourth-order valence-corrected chi connectivity index (χ4v) is 5.61. The van der Waals surface area contributed by atoms with Crippen molar-refractivity contribution in [1.29, 1.82) is 0 Å². The Labute approximate surface area is 201 Å². The monoisotopic (exact) mass is 493 g/mol. The summed E-state index contributed by atoms with van der Waals surface area (Å²) in [7, 11) is 0.277. The predicted octanol–water partition coefficient (Wildman–Crippen LogP) is 1.85. The molecule has 13 heteroatoms. The highest BCUT2D eigenvalue weighted by Crippen LogP contribution is 2.33. The second-order valence-electron chi connectivity index (χ2n) is 8.06. The average molecular weight is 494 g/mol. The molecule has 0 aliphatic carbocycles. The van der Waals surface area contributed by atoms with Gasteiger partial charge in [-0.3, -0.25) is 14.1 Å². The molecule has 1 aliphatic heterocycles. The molecule has 4 heterocycles. The van der Waals surface area contributed by atoms with E-state index in [4.69, 9.17) is 5.73 Å². The van der Waals surface area contributed by atoms with Crippen molar-refractivity contribution in [3.8, 4) is 11.3 Å². The van der Waals surface area contributed by atoms with Gasteiger partial charge in [0.05, 0.1) is 35.0 Å². The number of nitrogens with zero attached hydrogens (tertiary/aromatic N) is 6. The molecule has 1 fully saturated rings. The summed E-state index contributed by atoms with van der Waals surface area (Å²) in [4.78, 5) is 30.1. The Morgan fingerprint density at radius 3 is 2.54 bits per heavy atom. The molecule has 12 nitrogen and oxygen atoms in total. The van der Waals surface area contributed by atoms with E-state index in [9.17, 15) is 13.2 Å². The van der Waals surface area contributed by atoms with E-state index in [2.05, 4.69) is 30.6 Å². The maximum atomic E-state index is 12.3. The van der Waals surface area contributed by atoms with Crippen LogP contribution in [0.1, 0.15) is 16.9 Å². The summed E-state index contributed by atoms with van der Waals surface area (Å²) in [6, 6.07) is 6.81. The van der Waals surface area contributed by atoms with Crippen molar-refractivity contribution in [2.45, 2.75) is 6.42 Å². The number of aromatic nitrogens is 5. The average Bonchev–Trinajstić information content (AvgIpc) is 3.40. The lowest BCUT2D eigenvalue weighted by atomic mass is 10.1. The summed E-state index contributed by atoms with van der Waals surface area (Å²) in [5.74, 6) is -0.0544. The number of sulfonamides is 1. The van der Waals surface area contributed by atoms with Crippen LogP contribution < -0.4 is 20.7 Å². The van der Waals surface area contributed by atoms with Gasteiger partial charge in [-0.05, 0) is 30.7 Å². The van der Waals surface area contributed by atoms with Crippen molar-refractivity contribution in [2.75, 3.05) is 34.3 Å². The summed E-state index contributed by atoms with van der Waals surface area (Å²) in [5.41, 5.74) is 9.21. The number of hydrogen-bond donors (Lipinski definition) is 3. The number of amides is 1. The highest BCUT2D eigenvalue weighted by molar-refractivity contribution is 7.93. The molecule has 0 unspecified atom stereocenters. The van der Waals surface area contributed by atoms with E-state index >= 15 is 0 Å². The van der Waals surface area contributed by atoms with Crippen molar-refractivity contribution in [3.05, 3.63) is 48.7 Å². The number of nitrogens with two attached hydrogens (primary N) is 1. The van der Waals surface area contributed by atoms with E-state index in [1.54, 1.807) is 50.0 Å². The molecule has 1 aromatic carbocycles. The minimum atomic E-state index is -3.27. The van der Waals surface area contributed by atoms with Gasteiger partial charge in [0.25, 0.3) is 5.91 Å². The number of benzene rings is 1. The number of hydrogen-bond acceptors (Lipinski definition) is 9. The van der Waals surface area contributed by atoms with Crippen LogP contribution in [0.25, 0.3) is 22.3 Å². The molecule has 4 N–H and O–H groups in total. The lowest BCUT2D eigenvalue weighted by molar-refractivity contribution is 0.0996. The largest absolute Gasteiger partial charge is 0.371 e. The lowest BCUT2D eigenvalue weighted by Gasteiger charge is -2.18. The molecule has 1 amide bonds. The zero-order valence-electron chi connectivity index (χ0n) is 19.1. The molecule has 1 aliphatic rings. The Morgan fingerprint density at radius 1 is 1.11 bits per heavy atom. The number of rotatable bonds is 6. The van der Waals surface area contributed by atoms with Crippen LogP contribution >= 0.6 is 0 Å². The van der Waals surface area contributed by atoms with E-state index in [-0.39, 0.29) is 17.3 Å². The Bertz CT molecular complexity index is 1550. The first kappa shape index (κ1) is 22.5. The van der Waals surface area contributed by atoms with Gasteiger partial charge in [0.1, 0.15) is 11.2 Å². The van der Waals surface area contributed by atoms with Crippen molar-refractivity contribution in [1.82, 2.24) is 24.5 Å². The molecule has 35 heavy (non-hydrogen) atoms. The fourth-order valence-electron chi connectivity index (χ4n) is 4.05. The van der Waals surface area contributed by atoms with Crippen LogP contribution in [0.5, 0.6) is 0 Å². The first-order valence-electron chi connectivity index (χ1n) is 10.8. The van der Waals surface area contributed by atoms with Gasteiger partial charge in [-0.15, -0.1) is 0 Å². The SMILES string of the molecule is CNc1nc(Nc2ccc(N3CCCS3(=O)=O)cc2)c(C(N)=O)nc1-c1cncc2c1ncn2C. The van der Waals surface area contributed by atoms with Crippen LogP contribution in [0.2, 0.25) is 0 Å². The first-order chi connectivity index (χ1) is 16.8. The Kier molecular flexibility index (Phi) is 5.47. The number of anilines is 4. The predicted molar refractivity (Wildman–Crippen MR) is 133 cm³/mol. The zero-order valence-corrected chi connectivity index (χ0v) is 19.9. The minimum absolute atomic E-state index is 0.0573. The van der Waals surface area contributed by atoms with Gasteiger partial charge < -0.3 is 20.9 Å². The summed E-state index contributed by atoms with van der Waals surface area (Å²) in [6.45, 7) is 0.456. The second-order valence-corrected chi connectivity index (χ2v) is 10.1. The van der Waals surface area contributed by atoms with Crippen LogP contribution in [-0.4, -0.2) is 58.2 Å². The normalized spacial score (nSPS) is 14.9. The van der Waals surface area contributed by atoms with E-state index in [0.29, 0.717) is 46.9 Å². The molecule has 5 rings (SSSR count). The Morgan fingerprint density at radius 2 is 1.89 bits per heavy atom. The Balaban J connectivity index is 1.53. The molecule has 0 bridgehead atoms. The number of imidazole rings is 1. The topological polar surface area (TPSA) is 161 Å². The zero-order chi connectivity index (χ0) is 24.7. The molecule has 3 aromatic heterocycles. The van der Waals surface area contributed by atoms with Gasteiger partial charge in [0.2, 0.25) is 10.0 Å². The number of aryl methyl sites for hydroxylation is 1. The van der Waals surface area contributed by atoms with Crippen molar-refractivity contribution >= 4 is 50.0 Å². The van der Waals surface area contributed by atoms with Crippen molar-refractivity contribution in [2.24, 2.45) is 12.8 Å². The summed E-state index contributed by atoms with van der Waals surface area (Å²) in [5, 5.41) is 6.08. The van der Waals surface area contributed by atoms with Crippen LogP contribution in [0.4, 0.5) is 23.0 Å². The molecule has 0 saturated carbocycles. The number of carbonyl (C=O) groups is 1. The smallest absolute Gasteiger partial charge is 0.271 e. The van der Waals surface area contributed by atoms with Gasteiger partial charge in [0.15, 0.2) is 17.3 Å². The maximum Gasteiger partial charge on any atom is 0.271 e. The molecule has 0 radical (unpaired) electrons. The minimum Gasteiger partial charge on any atom is -0.371 e. The number of carbonyl (C=O) groups excluding carboxylic acids is 1. The molecule has 180 valence electrons. The van der Waals surface area contributed by atoms with Gasteiger partial charge in [-0.1, -0.05) is 0 Å². The molecule has 1 saturated heterocycles. The third-order valence-electron chi connectivity index (χ3n) is 5.78. The van der Waals surface area contributed by atoms with Crippen molar-refractivity contribution < 1.29 is 13.2 Å². The molecule has 0 atom stereocenters. The Hall–Kier alpha value is -4.26. The van der Waals surface area contributed by atoms with E-state index in [1.165, 1.54) is 4.31 Å². The van der Waals surface area contributed by atoms with Crippen LogP contribution in [0.3, 0.4) is 0 Å². The molecule has 0 spiro atoms. The first-order valence-corrected chi connectivity index (χ1v) is 12.4. The van der Waals surface area contributed by atoms with Crippen LogP contribution in [0.15, 0.2) is 43.0 Å². The summed E-state index contributed by atoms with van der Waals surface area (Å²) in [6.07, 6.45) is 5.58. The van der Waals surface area contributed by atoms with Crippen LogP contribution in [0, 0.1) is 0 Å². The lowest BCUT2D eigenvalue weighted by Crippen LogP contribution is -2.24. The van der Waals surface area contributed by atoms with E-state index in [1.807, 2.05) is 11.6 Å². The van der Waals surface area contributed by atoms with Crippen molar-refractivity contribution in [3.63, 3.8) is 0 Å². The quantitative estimate of drug-likeness (QED) is 0.364. The van der Waals surface area contributed by atoms with Gasteiger partial charge >= 0.3 is 0 Å². The standard InChI is InChI=1S/C22H23N9O3S/c1-24-21-18(15-10-25-11-16-17(15)26-12-30(16)2)28-19(20(23)32)22(29-21)27-13-4-6-14(7-5-13)31-8-3-9-35(31,33)34/h4-7,10-12H,3,8-9H2,1-2H3,(H2,23,32)(H2,24,27,29). The van der Waals surface area contributed by atoms with Crippen LogP contribution in [-0.2, 0) is 17.1 Å². The van der Waals surface area contributed by atoms with E-state index < -0.39 is 15.9 Å². The highest BCUT2D eigenvalue weighted by atomic mass is 32.2. The van der Waals surface area contributed by atoms with Gasteiger partial charge in [0, 0.05) is 32.5 Å². The third kappa shape index (κ3) is 3.99. The summed E-state index contributed by atoms with van der Waals surface area (Å²) < 4.78 is 27.6. The molecule has 4 aromatic rings. The molecular weight excluding hydrogens is 470 g/mol. The fraction of sp³-hybridized carbons (Fsp3) is 0.227. The maximum absolute atomic E-state index is 12.3. The number of pyridine rings is 1.